The van der Waals surface area contributed by atoms with Gasteiger partial charge in [0.2, 0.25) is 0 Å². The molecule has 0 fully saturated rings. The predicted molar refractivity (Wildman–Crippen MR) is 70.9 cm³/mol. The summed E-state index contributed by atoms with van der Waals surface area (Å²) in [5.74, 6) is 0. The molecule has 1 atom stereocenters. The van der Waals surface area contributed by atoms with Crippen LogP contribution in [0.25, 0.3) is 0 Å². The lowest BCUT2D eigenvalue weighted by Gasteiger charge is -2.23. The van der Waals surface area contributed by atoms with Crippen LogP contribution in [0, 0.1) is 0 Å². The summed E-state index contributed by atoms with van der Waals surface area (Å²) >= 11 is 0. The average molecular weight is 234 g/mol. The average Bonchev–Trinajstić information content (AvgIpc) is 2.26. The minimum absolute atomic E-state index is 0.00177. The van der Waals surface area contributed by atoms with E-state index in [0.717, 1.165) is 11.3 Å². The molecule has 2 N–H and O–H groups in total. The van der Waals surface area contributed by atoms with Crippen LogP contribution >= 0.6 is 0 Å². The molecule has 0 spiro atoms. The molecule has 0 radical (unpaired) electrons. The van der Waals surface area contributed by atoms with Crippen LogP contribution in [0.4, 0.5) is 0 Å². The third-order valence-electron chi connectivity index (χ3n) is 2.45. The molecule has 1 rings (SSSR count). The molecule has 0 saturated heterocycles. The summed E-state index contributed by atoms with van der Waals surface area (Å²) in [7, 11) is 0. The number of pyridine rings is 1. The van der Waals surface area contributed by atoms with Crippen LogP contribution in [0.1, 0.15) is 38.1 Å². The van der Waals surface area contributed by atoms with Crippen molar-refractivity contribution in [1.29, 1.82) is 0 Å². The van der Waals surface area contributed by atoms with E-state index in [9.17, 15) is 5.11 Å². The first-order valence-electron chi connectivity index (χ1n) is 5.92. The Labute approximate surface area is 104 Å². The van der Waals surface area contributed by atoms with Gasteiger partial charge in [0, 0.05) is 36.0 Å². The molecule has 1 aromatic rings. The first kappa shape index (κ1) is 13.9. The Morgan fingerprint density at radius 2 is 2.24 bits per heavy atom. The van der Waals surface area contributed by atoms with Crippen molar-refractivity contribution >= 4 is 0 Å². The topological polar surface area (TPSA) is 45.2 Å². The summed E-state index contributed by atoms with van der Waals surface area (Å²) in [5, 5.41) is 13.4. The molecule has 0 aromatic carbocycles. The number of β-amino-alcohol motifs (C(OH)–C–C–N with tert-alkyl or cyclic N) is 1. The zero-order valence-corrected chi connectivity index (χ0v) is 10.9. The lowest BCUT2D eigenvalue weighted by molar-refractivity contribution is 0.162. The van der Waals surface area contributed by atoms with Crippen LogP contribution < -0.4 is 5.32 Å². The van der Waals surface area contributed by atoms with E-state index in [1.54, 1.807) is 12.3 Å². The Bertz CT molecular complexity index is 369. The summed E-state index contributed by atoms with van der Waals surface area (Å²) in [5.41, 5.74) is 1.77. The fourth-order valence-electron chi connectivity index (χ4n) is 1.57. The zero-order chi connectivity index (χ0) is 12.9. The molecule has 0 amide bonds. The molecule has 94 valence electrons. The van der Waals surface area contributed by atoms with Gasteiger partial charge >= 0.3 is 0 Å². The molecule has 1 aromatic heterocycles. The zero-order valence-electron chi connectivity index (χ0n) is 10.9. The third-order valence-corrected chi connectivity index (χ3v) is 2.45. The Morgan fingerprint density at radius 3 is 2.82 bits per heavy atom. The van der Waals surface area contributed by atoms with Gasteiger partial charge in [-0.25, -0.2) is 0 Å². The summed E-state index contributed by atoms with van der Waals surface area (Å²) < 4.78 is 0. The van der Waals surface area contributed by atoms with Crippen molar-refractivity contribution in [2.45, 2.75) is 38.8 Å². The van der Waals surface area contributed by atoms with E-state index < -0.39 is 6.10 Å². The highest BCUT2D eigenvalue weighted by Crippen LogP contribution is 2.17. The van der Waals surface area contributed by atoms with Gasteiger partial charge in [0.25, 0.3) is 0 Å². The number of nitrogens with zero attached hydrogens (tertiary/aromatic N) is 1. The SMILES string of the molecule is C=CCc1ncccc1[C@@H](O)CNC(C)(C)C. The summed E-state index contributed by atoms with van der Waals surface area (Å²) in [6, 6.07) is 3.77. The van der Waals surface area contributed by atoms with Crippen LogP contribution in [0.2, 0.25) is 0 Å². The molecule has 0 aliphatic carbocycles. The summed E-state index contributed by atoms with van der Waals surface area (Å²) in [4.78, 5) is 4.27. The molecule has 0 aliphatic heterocycles. The van der Waals surface area contributed by atoms with E-state index >= 15 is 0 Å². The first-order chi connectivity index (χ1) is 7.94. The second kappa shape index (κ2) is 5.94. The highest BCUT2D eigenvalue weighted by atomic mass is 16.3. The van der Waals surface area contributed by atoms with Crippen molar-refractivity contribution in [2.24, 2.45) is 0 Å². The molecule has 0 aliphatic rings. The van der Waals surface area contributed by atoms with Crippen molar-refractivity contribution in [3.8, 4) is 0 Å². The molecule has 0 bridgehead atoms. The molecule has 3 nitrogen and oxygen atoms in total. The minimum Gasteiger partial charge on any atom is -0.387 e. The smallest absolute Gasteiger partial charge is 0.0932 e. The van der Waals surface area contributed by atoms with E-state index in [2.05, 4.69) is 37.7 Å². The van der Waals surface area contributed by atoms with E-state index in [0.29, 0.717) is 13.0 Å². The van der Waals surface area contributed by atoms with Gasteiger partial charge < -0.3 is 10.4 Å². The fourth-order valence-corrected chi connectivity index (χ4v) is 1.57. The molecule has 3 heteroatoms. The van der Waals surface area contributed by atoms with Crippen molar-refractivity contribution in [1.82, 2.24) is 10.3 Å². The number of hydrogen-bond acceptors (Lipinski definition) is 3. The standard InChI is InChI=1S/C14H22N2O/c1-5-7-12-11(8-6-9-15-12)13(17)10-16-14(2,3)4/h5-6,8-9,13,16-17H,1,7,10H2,2-4H3/t13-/m0/s1. The number of aliphatic hydroxyl groups is 1. The van der Waals surface area contributed by atoms with E-state index in [4.69, 9.17) is 0 Å². The van der Waals surface area contributed by atoms with Gasteiger partial charge in [-0.2, -0.15) is 0 Å². The van der Waals surface area contributed by atoms with Gasteiger partial charge in [0.05, 0.1) is 6.10 Å². The number of aromatic nitrogens is 1. The van der Waals surface area contributed by atoms with Crippen molar-refractivity contribution in [3.05, 3.63) is 42.2 Å². The van der Waals surface area contributed by atoms with Gasteiger partial charge in [0.1, 0.15) is 0 Å². The second-order valence-electron chi connectivity index (χ2n) is 5.18. The summed E-state index contributed by atoms with van der Waals surface area (Å²) in [6.07, 6.45) is 3.70. The van der Waals surface area contributed by atoms with E-state index in [1.165, 1.54) is 0 Å². The number of rotatable bonds is 5. The van der Waals surface area contributed by atoms with Crippen molar-refractivity contribution in [2.75, 3.05) is 6.54 Å². The van der Waals surface area contributed by atoms with Crippen LogP contribution in [-0.4, -0.2) is 22.2 Å². The molecule has 0 saturated carbocycles. The van der Waals surface area contributed by atoms with Crippen LogP contribution in [0.5, 0.6) is 0 Å². The maximum atomic E-state index is 10.2. The molecule has 0 unspecified atom stereocenters. The van der Waals surface area contributed by atoms with Gasteiger partial charge in [-0.3, -0.25) is 4.98 Å². The second-order valence-corrected chi connectivity index (χ2v) is 5.18. The third kappa shape index (κ3) is 4.67. The van der Waals surface area contributed by atoms with Gasteiger partial charge in [0.15, 0.2) is 0 Å². The Balaban J connectivity index is 2.74. The normalized spacial score (nSPS) is 13.4. The molecular weight excluding hydrogens is 212 g/mol. The molecule has 1 heterocycles. The van der Waals surface area contributed by atoms with Crippen molar-refractivity contribution in [3.63, 3.8) is 0 Å². The maximum Gasteiger partial charge on any atom is 0.0932 e. The first-order valence-corrected chi connectivity index (χ1v) is 5.92. The van der Waals surface area contributed by atoms with Gasteiger partial charge in [-0.1, -0.05) is 12.1 Å². The minimum atomic E-state index is -0.530. The molecule has 17 heavy (non-hydrogen) atoms. The fraction of sp³-hybridized carbons (Fsp3) is 0.500. The number of aliphatic hydroxyl groups excluding tert-OH is 1. The largest absolute Gasteiger partial charge is 0.387 e. The number of allylic oxidation sites excluding steroid dienone is 1. The van der Waals surface area contributed by atoms with Crippen LogP contribution in [0.15, 0.2) is 31.0 Å². The molecular formula is C14H22N2O. The number of nitrogens with one attached hydrogen (secondary N) is 1. The Morgan fingerprint density at radius 1 is 1.53 bits per heavy atom. The quantitative estimate of drug-likeness (QED) is 0.768. The van der Waals surface area contributed by atoms with Crippen molar-refractivity contribution < 1.29 is 5.11 Å². The van der Waals surface area contributed by atoms with Gasteiger partial charge in [-0.05, 0) is 26.8 Å². The lowest BCUT2D eigenvalue weighted by atomic mass is 10.0. The highest BCUT2D eigenvalue weighted by molar-refractivity contribution is 5.24. The lowest BCUT2D eigenvalue weighted by Crippen LogP contribution is -2.38. The van der Waals surface area contributed by atoms with Gasteiger partial charge in [-0.15, -0.1) is 6.58 Å². The Hall–Kier alpha value is -1.19. The van der Waals surface area contributed by atoms with E-state index in [-0.39, 0.29) is 5.54 Å². The monoisotopic (exact) mass is 234 g/mol. The van der Waals surface area contributed by atoms with E-state index in [1.807, 2.05) is 12.1 Å². The Kier molecular flexibility index (Phi) is 4.85. The summed E-state index contributed by atoms with van der Waals surface area (Å²) in [6.45, 7) is 10.5. The number of hydrogen-bond donors (Lipinski definition) is 2. The predicted octanol–water partition coefficient (Wildman–Crippen LogP) is 2.23. The van der Waals surface area contributed by atoms with Crippen LogP contribution in [-0.2, 0) is 6.42 Å². The van der Waals surface area contributed by atoms with Crippen LogP contribution in [0.3, 0.4) is 0 Å². The highest BCUT2D eigenvalue weighted by Gasteiger charge is 2.15. The maximum absolute atomic E-state index is 10.2.